The second kappa shape index (κ2) is 10.1. The molecule has 0 bridgehead atoms. The van der Waals surface area contributed by atoms with Crippen molar-refractivity contribution in [2.24, 2.45) is 11.3 Å². The van der Waals surface area contributed by atoms with Crippen LogP contribution in [0.4, 0.5) is 0 Å². The highest BCUT2D eigenvalue weighted by Gasteiger charge is 2.44. The molecule has 1 heterocycles. The summed E-state index contributed by atoms with van der Waals surface area (Å²) in [5, 5.41) is 0. The lowest BCUT2D eigenvalue weighted by molar-refractivity contribution is 0.199. The molecule has 3 atom stereocenters. The molecular formula is C22H39N. The fraction of sp³-hybridized carbons (Fsp3) is 0.727. The molecule has 1 heteroatoms. The average molecular weight is 318 g/mol. The first-order chi connectivity index (χ1) is 11.1. The van der Waals surface area contributed by atoms with E-state index < -0.39 is 0 Å². The summed E-state index contributed by atoms with van der Waals surface area (Å²) in [6, 6.07) is 11.2. The van der Waals surface area contributed by atoms with Crippen molar-refractivity contribution in [2.75, 3.05) is 20.1 Å². The monoisotopic (exact) mass is 317 g/mol. The van der Waals surface area contributed by atoms with Gasteiger partial charge in [-0.2, -0.15) is 0 Å². The van der Waals surface area contributed by atoms with E-state index in [1.807, 2.05) is 13.8 Å². The van der Waals surface area contributed by atoms with Crippen LogP contribution in [0.2, 0.25) is 0 Å². The molecule has 1 aliphatic heterocycles. The molecule has 0 N–H and O–H groups in total. The summed E-state index contributed by atoms with van der Waals surface area (Å²) in [6.07, 6.45) is 6.76. The van der Waals surface area contributed by atoms with Crippen molar-refractivity contribution in [2.45, 2.75) is 72.6 Å². The van der Waals surface area contributed by atoms with Gasteiger partial charge >= 0.3 is 0 Å². The third kappa shape index (κ3) is 5.35. The van der Waals surface area contributed by atoms with Gasteiger partial charge in [0.05, 0.1) is 0 Å². The van der Waals surface area contributed by atoms with Gasteiger partial charge in [-0.15, -0.1) is 0 Å². The molecule has 0 spiro atoms. The summed E-state index contributed by atoms with van der Waals surface area (Å²) in [4.78, 5) is 2.56. The largest absolute Gasteiger partial charge is 0.305 e. The van der Waals surface area contributed by atoms with Crippen LogP contribution in [0.3, 0.4) is 0 Å². The van der Waals surface area contributed by atoms with Gasteiger partial charge in [-0.1, -0.05) is 84.2 Å². The topological polar surface area (TPSA) is 3.24 Å². The van der Waals surface area contributed by atoms with Crippen molar-refractivity contribution >= 4 is 0 Å². The van der Waals surface area contributed by atoms with Crippen LogP contribution >= 0.6 is 0 Å². The number of likely N-dealkylation sites (N-methyl/N-ethyl adjacent to an activating group) is 1. The second-order valence-electron chi connectivity index (χ2n) is 7.32. The van der Waals surface area contributed by atoms with Crippen LogP contribution in [0.1, 0.15) is 78.2 Å². The Morgan fingerprint density at radius 2 is 1.78 bits per heavy atom. The van der Waals surface area contributed by atoms with Gasteiger partial charge in [0, 0.05) is 19.0 Å². The predicted molar refractivity (Wildman–Crippen MR) is 104 cm³/mol. The van der Waals surface area contributed by atoms with Gasteiger partial charge in [-0.3, -0.25) is 0 Å². The summed E-state index contributed by atoms with van der Waals surface area (Å²) < 4.78 is 0. The lowest BCUT2D eigenvalue weighted by Gasteiger charge is -2.36. The molecule has 0 radical (unpaired) electrons. The van der Waals surface area contributed by atoms with Crippen LogP contribution in [-0.4, -0.2) is 25.0 Å². The Morgan fingerprint density at radius 3 is 2.35 bits per heavy atom. The van der Waals surface area contributed by atoms with Crippen LogP contribution < -0.4 is 0 Å². The minimum Gasteiger partial charge on any atom is -0.305 e. The van der Waals surface area contributed by atoms with Crippen LogP contribution in [0.25, 0.3) is 0 Å². The number of hydrogen-bond donors (Lipinski definition) is 0. The molecule has 0 aliphatic carbocycles. The van der Waals surface area contributed by atoms with E-state index in [-0.39, 0.29) is 0 Å². The number of benzene rings is 1. The molecule has 1 aromatic carbocycles. The lowest BCUT2D eigenvalue weighted by atomic mass is 9.68. The Morgan fingerprint density at radius 1 is 1.13 bits per heavy atom. The Labute approximate surface area is 145 Å². The fourth-order valence-corrected chi connectivity index (χ4v) is 4.23. The standard InChI is InChI=1S/C20H33N.C2H6/c1-5-13-20(14-12-17(3)6-2)16-21(4)15-19(20)18-10-8-7-9-11-18;1-2/h7-11,17,19H,5-6,12-16H2,1-4H3;1-2H3. The molecule has 0 aromatic heterocycles. The highest BCUT2D eigenvalue weighted by Crippen LogP contribution is 2.49. The van der Waals surface area contributed by atoms with E-state index in [1.54, 1.807) is 5.56 Å². The summed E-state index contributed by atoms with van der Waals surface area (Å²) >= 11 is 0. The number of hydrogen-bond acceptors (Lipinski definition) is 1. The summed E-state index contributed by atoms with van der Waals surface area (Å²) in [6.45, 7) is 13.6. The molecule has 0 amide bonds. The zero-order chi connectivity index (χ0) is 17.3. The van der Waals surface area contributed by atoms with E-state index >= 15 is 0 Å². The molecule has 23 heavy (non-hydrogen) atoms. The van der Waals surface area contributed by atoms with Crippen molar-refractivity contribution in [3.05, 3.63) is 35.9 Å². The SMILES string of the molecule is CC.CCCC1(CCC(C)CC)CN(C)CC1c1ccccc1. The van der Waals surface area contributed by atoms with Crippen LogP contribution in [0.5, 0.6) is 0 Å². The third-order valence-electron chi connectivity index (χ3n) is 5.60. The van der Waals surface area contributed by atoms with Crippen LogP contribution in [-0.2, 0) is 0 Å². The van der Waals surface area contributed by atoms with Crippen molar-refractivity contribution in [1.29, 1.82) is 0 Å². The van der Waals surface area contributed by atoms with Gasteiger partial charge in [0.1, 0.15) is 0 Å². The van der Waals surface area contributed by atoms with Gasteiger partial charge in [-0.25, -0.2) is 0 Å². The zero-order valence-corrected chi connectivity index (χ0v) is 16.4. The van der Waals surface area contributed by atoms with Gasteiger partial charge in [0.15, 0.2) is 0 Å². The zero-order valence-electron chi connectivity index (χ0n) is 16.4. The Hall–Kier alpha value is -0.820. The Balaban J connectivity index is 0.00000127. The first-order valence-corrected chi connectivity index (χ1v) is 9.84. The highest BCUT2D eigenvalue weighted by atomic mass is 15.1. The first-order valence-electron chi connectivity index (χ1n) is 9.84. The third-order valence-corrected chi connectivity index (χ3v) is 5.60. The maximum absolute atomic E-state index is 2.56. The molecule has 2 rings (SSSR count). The molecule has 132 valence electrons. The van der Waals surface area contributed by atoms with Gasteiger partial charge < -0.3 is 4.90 Å². The van der Waals surface area contributed by atoms with E-state index in [1.165, 1.54) is 45.2 Å². The van der Waals surface area contributed by atoms with Crippen molar-refractivity contribution in [3.8, 4) is 0 Å². The smallest absolute Gasteiger partial charge is 0.00533 e. The van der Waals surface area contributed by atoms with E-state index in [9.17, 15) is 0 Å². The van der Waals surface area contributed by atoms with E-state index in [0.717, 1.165) is 5.92 Å². The number of likely N-dealkylation sites (tertiary alicyclic amines) is 1. The Kier molecular flexibility index (Phi) is 8.91. The first kappa shape index (κ1) is 20.2. The Bertz CT molecular complexity index is 413. The van der Waals surface area contributed by atoms with Gasteiger partial charge in [-0.05, 0) is 36.8 Å². The molecule has 1 aliphatic rings. The highest BCUT2D eigenvalue weighted by molar-refractivity contribution is 5.25. The lowest BCUT2D eigenvalue weighted by Crippen LogP contribution is -2.30. The molecule has 1 aromatic rings. The maximum atomic E-state index is 2.56. The summed E-state index contributed by atoms with van der Waals surface area (Å²) in [7, 11) is 2.30. The number of nitrogens with zero attached hydrogens (tertiary/aromatic N) is 1. The van der Waals surface area contributed by atoms with E-state index in [2.05, 4.69) is 63.1 Å². The minimum atomic E-state index is 0.494. The second-order valence-corrected chi connectivity index (χ2v) is 7.32. The van der Waals surface area contributed by atoms with Gasteiger partial charge in [0.2, 0.25) is 0 Å². The van der Waals surface area contributed by atoms with E-state index in [0.29, 0.717) is 11.3 Å². The summed E-state index contributed by atoms with van der Waals surface area (Å²) in [5.74, 6) is 1.58. The van der Waals surface area contributed by atoms with E-state index in [4.69, 9.17) is 0 Å². The van der Waals surface area contributed by atoms with Crippen molar-refractivity contribution < 1.29 is 0 Å². The predicted octanol–water partition coefficient (Wildman–Crippen LogP) is 6.35. The summed E-state index contributed by atoms with van der Waals surface area (Å²) in [5.41, 5.74) is 2.05. The van der Waals surface area contributed by atoms with Gasteiger partial charge in [0.25, 0.3) is 0 Å². The normalized spacial score (nSPS) is 25.7. The fourth-order valence-electron chi connectivity index (χ4n) is 4.23. The molecule has 1 fully saturated rings. The van der Waals surface area contributed by atoms with Crippen molar-refractivity contribution in [3.63, 3.8) is 0 Å². The van der Waals surface area contributed by atoms with Crippen LogP contribution in [0, 0.1) is 11.3 Å². The number of rotatable bonds is 7. The van der Waals surface area contributed by atoms with Crippen molar-refractivity contribution in [1.82, 2.24) is 4.90 Å². The average Bonchev–Trinajstić information content (AvgIpc) is 2.92. The minimum absolute atomic E-state index is 0.494. The molecule has 1 saturated heterocycles. The molecule has 3 unspecified atom stereocenters. The maximum Gasteiger partial charge on any atom is 0.00533 e. The molecular weight excluding hydrogens is 278 g/mol. The molecule has 0 saturated carbocycles. The molecule has 1 nitrogen and oxygen atoms in total. The van der Waals surface area contributed by atoms with Crippen LogP contribution in [0.15, 0.2) is 30.3 Å². The quantitative estimate of drug-likeness (QED) is 0.566.